The Balaban J connectivity index is 1.60. The molecule has 1 aromatic heterocycles. The van der Waals surface area contributed by atoms with E-state index in [1.165, 1.54) is 12.1 Å². The zero-order valence-corrected chi connectivity index (χ0v) is 18.5. The maximum absolute atomic E-state index is 13.4. The van der Waals surface area contributed by atoms with Crippen LogP contribution in [-0.2, 0) is 10.3 Å². The van der Waals surface area contributed by atoms with E-state index in [-0.39, 0.29) is 11.7 Å². The number of nitrogens with zero attached hydrogens (tertiary/aromatic N) is 3. The Morgan fingerprint density at radius 1 is 1.10 bits per heavy atom. The normalized spacial score (nSPS) is 16.2. The Bertz CT molecular complexity index is 1140. The number of halogens is 1. The van der Waals surface area contributed by atoms with Gasteiger partial charge < -0.3 is 9.47 Å². The Hall–Kier alpha value is -3.21. The second-order valence-corrected chi connectivity index (χ2v) is 8.76. The minimum absolute atomic E-state index is 0.0486. The van der Waals surface area contributed by atoms with E-state index in [1.807, 2.05) is 54.9 Å². The lowest BCUT2D eigenvalue weighted by Gasteiger charge is -2.42. The lowest BCUT2D eigenvalue weighted by Crippen LogP contribution is -2.48. The molecule has 1 aliphatic rings. The lowest BCUT2D eigenvalue weighted by molar-refractivity contribution is -0.134. The molecule has 0 spiro atoms. The van der Waals surface area contributed by atoms with Crippen LogP contribution in [0.3, 0.4) is 0 Å². The largest absolute Gasteiger partial charge is 0.330 e. The molecule has 4 nitrogen and oxygen atoms in total. The van der Waals surface area contributed by atoms with Gasteiger partial charge in [0.05, 0.1) is 17.6 Å². The number of hydrogen-bond acceptors (Lipinski definition) is 2. The van der Waals surface area contributed by atoms with Gasteiger partial charge in [-0.3, -0.25) is 4.79 Å². The number of benzene rings is 2. The van der Waals surface area contributed by atoms with E-state index in [4.69, 9.17) is 0 Å². The summed E-state index contributed by atoms with van der Waals surface area (Å²) < 4.78 is 15.4. The molecule has 2 aromatic carbocycles. The number of likely N-dealkylation sites (tertiary alicyclic amines) is 1. The molecule has 0 unspecified atom stereocenters. The molecule has 2 heterocycles. The molecule has 1 fully saturated rings. The summed E-state index contributed by atoms with van der Waals surface area (Å²) in [6.45, 7) is 8.77. The van der Waals surface area contributed by atoms with Gasteiger partial charge in [0.1, 0.15) is 5.82 Å². The molecule has 1 amide bonds. The van der Waals surface area contributed by atoms with Crippen LogP contribution < -0.4 is 0 Å². The molecular weight excluding hydrogens is 389 g/mol. The van der Waals surface area contributed by atoms with Gasteiger partial charge in [0.25, 0.3) is 5.91 Å². The third kappa shape index (κ3) is 4.18. The van der Waals surface area contributed by atoms with E-state index >= 15 is 0 Å². The van der Waals surface area contributed by atoms with Crippen molar-refractivity contribution >= 4 is 12.0 Å². The molecule has 0 atom stereocenters. The first-order valence-electron chi connectivity index (χ1n) is 10.7. The van der Waals surface area contributed by atoms with E-state index < -0.39 is 5.54 Å². The standard InChI is InChI=1S/C26H28FN3O/c1-18-14-20(7-12-24(18)29-16-19(2)28-17-29)15-21-6-5-13-30(25(21)31)26(3,4)22-8-10-23(27)11-9-22/h7-12,14-17H,5-6,13H2,1-4H3/b21-15+. The van der Waals surface area contributed by atoms with Gasteiger partial charge in [-0.2, -0.15) is 0 Å². The summed E-state index contributed by atoms with van der Waals surface area (Å²) in [5.41, 5.74) is 5.43. The van der Waals surface area contributed by atoms with Gasteiger partial charge in [-0.25, -0.2) is 9.37 Å². The summed E-state index contributed by atoms with van der Waals surface area (Å²) in [7, 11) is 0. The predicted octanol–water partition coefficient (Wildman–Crippen LogP) is 5.57. The topological polar surface area (TPSA) is 38.1 Å². The van der Waals surface area contributed by atoms with E-state index in [9.17, 15) is 9.18 Å². The highest BCUT2D eigenvalue weighted by molar-refractivity contribution is 5.99. The SMILES string of the molecule is Cc1cn(-c2ccc(/C=C3\CCCN(C(C)(C)c4ccc(F)cc4)C3=O)cc2C)cn1. The van der Waals surface area contributed by atoms with Gasteiger partial charge in [-0.05, 0) is 87.6 Å². The van der Waals surface area contributed by atoms with Crippen molar-refractivity contribution in [3.63, 3.8) is 0 Å². The number of aryl methyl sites for hydroxylation is 2. The number of hydrogen-bond donors (Lipinski definition) is 0. The van der Waals surface area contributed by atoms with Crippen molar-refractivity contribution in [1.82, 2.24) is 14.5 Å². The first-order chi connectivity index (χ1) is 14.8. The van der Waals surface area contributed by atoms with Crippen LogP contribution in [0.4, 0.5) is 4.39 Å². The predicted molar refractivity (Wildman–Crippen MR) is 121 cm³/mol. The fourth-order valence-corrected chi connectivity index (χ4v) is 4.30. The smallest absolute Gasteiger partial charge is 0.250 e. The van der Waals surface area contributed by atoms with Gasteiger partial charge >= 0.3 is 0 Å². The van der Waals surface area contributed by atoms with Crippen molar-refractivity contribution in [3.8, 4) is 5.69 Å². The minimum Gasteiger partial charge on any atom is -0.330 e. The van der Waals surface area contributed by atoms with Crippen LogP contribution in [0.25, 0.3) is 11.8 Å². The number of imidazole rings is 1. The Kier molecular flexibility index (Phi) is 5.52. The van der Waals surface area contributed by atoms with Crippen LogP contribution in [0.1, 0.15) is 49.1 Å². The fourth-order valence-electron chi connectivity index (χ4n) is 4.30. The molecule has 0 saturated carbocycles. The van der Waals surface area contributed by atoms with Crippen LogP contribution >= 0.6 is 0 Å². The first-order valence-corrected chi connectivity index (χ1v) is 10.7. The summed E-state index contributed by atoms with van der Waals surface area (Å²) in [6, 6.07) is 12.6. The highest BCUT2D eigenvalue weighted by Crippen LogP contribution is 2.33. The molecular formula is C26H28FN3O. The number of carbonyl (C=O) groups excluding carboxylic acids is 1. The van der Waals surface area contributed by atoms with Crippen molar-refractivity contribution < 1.29 is 9.18 Å². The summed E-state index contributed by atoms with van der Waals surface area (Å²) in [4.78, 5) is 19.6. The highest BCUT2D eigenvalue weighted by atomic mass is 19.1. The molecule has 0 radical (unpaired) electrons. The molecule has 5 heteroatoms. The Morgan fingerprint density at radius 3 is 2.48 bits per heavy atom. The van der Waals surface area contributed by atoms with Crippen molar-refractivity contribution in [3.05, 3.63) is 88.8 Å². The van der Waals surface area contributed by atoms with Gasteiger partial charge in [-0.1, -0.05) is 18.2 Å². The van der Waals surface area contributed by atoms with E-state index in [0.29, 0.717) is 6.54 Å². The van der Waals surface area contributed by atoms with Crippen molar-refractivity contribution in [2.45, 2.75) is 46.1 Å². The van der Waals surface area contributed by atoms with Crippen LogP contribution in [0.15, 0.2) is 60.6 Å². The number of carbonyl (C=O) groups is 1. The molecule has 0 aliphatic carbocycles. The van der Waals surface area contributed by atoms with E-state index in [0.717, 1.165) is 46.5 Å². The van der Waals surface area contributed by atoms with Gasteiger partial charge in [-0.15, -0.1) is 0 Å². The van der Waals surface area contributed by atoms with E-state index in [2.05, 4.69) is 24.0 Å². The van der Waals surface area contributed by atoms with Crippen molar-refractivity contribution in [2.75, 3.05) is 6.54 Å². The average molecular weight is 418 g/mol. The molecule has 1 aliphatic heterocycles. The maximum Gasteiger partial charge on any atom is 0.250 e. The molecule has 3 aromatic rings. The molecule has 160 valence electrons. The molecule has 0 N–H and O–H groups in total. The minimum atomic E-state index is -0.511. The monoisotopic (exact) mass is 417 g/mol. The third-order valence-corrected chi connectivity index (χ3v) is 6.12. The van der Waals surface area contributed by atoms with Crippen LogP contribution in [0.5, 0.6) is 0 Å². The first kappa shape index (κ1) is 21.0. The van der Waals surface area contributed by atoms with Gasteiger partial charge in [0, 0.05) is 24.0 Å². The summed E-state index contributed by atoms with van der Waals surface area (Å²) in [6.07, 6.45) is 7.49. The number of piperidine rings is 1. The highest BCUT2D eigenvalue weighted by Gasteiger charge is 2.36. The quantitative estimate of drug-likeness (QED) is 0.521. The second-order valence-electron chi connectivity index (χ2n) is 8.76. The number of aromatic nitrogens is 2. The Labute approximate surface area is 183 Å². The van der Waals surface area contributed by atoms with Crippen LogP contribution in [0.2, 0.25) is 0 Å². The van der Waals surface area contributed by atoms with Gasteiger partial charge in [0.15, 0.2) is 0 Å². The summed E-state index contributed by atoms with van der Waals surface area (Å²) in [5, 5.41) is 0. The van der Waals surface area contributed by atoms with E-state index in [1.54, 1.807) is 12.1 Å². The Morgan fingerprint density at radius 2 is 1.84 bits per heavy atom. The molecule has 1 saturated heterocycles. The van der Waals surface area contributed by atoms with Crippen molar-refractivity contribution in [2.24, 2.45) is 0 Å². The van der Waals surface area contributed by atoms with Gasteiger partial charge in [0.2, 0.25) is 0 Å². The lowest BCUT2D eigenvalue weighted by atomic mass is 9.88. The van der Waals surface area contributed by atoms with Crippen LogP contribution in [-0.4, -0.2) is 26.9 Å². The number of rotatable bonds is 4. The zero-order valence-electron chi connectivity index (χ0n) is 18.5. The fraction of sp³-hybridized carbons (Fsp3) is 0.308. The summed E-state index contributed by atoms with van der Waals surface area (Å²) >= 11 is 0. The van der Waals surface area contributed by atoms with Crippen LogP contribution in [0, 0.1) is 19.7 Å². The molecule has 0 bridgehead atoms. The second kappa shape index (κ2) is 8.14. The zero-order chi connectivity index (χ0) is 22.2. The summed E-state index contributed by atoms with van der Waals surface area (Å²) in [5.74, 6) is -0.220. The molecule has 4 rings (SSSR count). The molecule has 31 heavy (non-hydrogen) atoms. The maximum atomic E-state index is 13.4. The third-order valence-electron chi connectivity index (χ3n) is 6.12. The number of amides is 1. The average Bonchev–Trinajstić information content (AvgIpc) is 3.16. The van der Waals surface area contributed by atoms with Crippen molar-refractivity contribution in [1.29, 1.82) is 0 Å².